The predicted molar refractivity (Wildman–Crippen MR) is 140 cm³/mol. The van der Waals surface area contributed by atoms with Gasteiger partial charge in [0.2, 0.25) is 11.8 Å². The van der Waals surface area contributed by atoms with Crippen molar-refractivity contribution < 1.29 is 18.7 Å². The number of benzene rings is 3. The van der Waals surface area contributed by atoms with Gasteiger partial charge in [0.25, 0.3) is 0 Å². The van der Waals surface area contributed by atoms with Crippen LogP contribution in [0.15, 0.2) is 66.7 Å². The fourth-order valence-electron chi connectivity index (χ4n) is 3.16. The third kappa shape index (κ3) is 9.28. The molecule has 0 unspecified atom stereocenters. The summed E-state index contributed by atoms with van der Waals surface area (Å²) in [4.78, 5) is 25.1. The lowest BCUT2D eigenvalue weighted by Gasteiger charge is -2.19. The third-order valence-electron chi connectivity index (χ3n) is 4.63. The van der Waals surface area contributed by atoms with E-state index < -0.39 is 6.04 Å². The van der Waals surface area contributed by atoms with Gasteiger partial charge >= 0.3 is 0 Å². The average molecular weight is 583 g/mol. The number of carbonyl (C=O) groups excluding carboxylic acids is 2. The molecule has 3 aromatic rings. The number of amides is 2. The SMILES string of the molecule is COC.O=C(CNSI)N[C@@H](Cc1ccc(F)cc1)C(=O)NCc1cccc2ccccc12. The van der Waals surface area contributed by atoms with Crippen LogP contribution in [-0.4, -0.2) is 38.6 Å². The molecular formula is C24H27FIN3O3S. The van der Waals surface area contributed by atoms with Crippen LogP contribution in [-0.2, 0) is 27.3 Å². The first-order valence-electron chi connectivity index (χ1n) is 10.2. The van der Waals surface area contributed by atoms with E-state index in [0.717, 1.165) is 21.9 Å². The molecule has 176 valence electrons. The lowest BCUT2D eigenvalue weighted by atomic mass is 10.0. The molecule has 6 nitrogen and oxygen atoms in total. The van der Waals surface area contributed by atoms with Crippen molar-refractivity contribution >= 4 is 52.9 Å². The zero-order valence-corrected chi connectivity index (χ0v) is 21.4. The van der Waals surface area contributed by atoms with E-state index >= 15 is 0 Å². The van der Waals surface area contributed by atoms with E-state index in [0.29, 0.717) is 6.54 Å². The number of hydrogen-bond donors (Lipinski definition) is 3. The van der Waals surface area contributed by atoms with Crippen LogP contribution in [0.4, 0.5) is 4.39 Å². The van der Waals surface area contributed by atoms with Gasteiger partial charge in [-0.3, -0.25) is 9.59 Å². The molecule has 2 amide bonds. The smallest absolute Gasteiger partial charge is 0.243 e. The second kappa shape index (κ2) is 14.8. The minimum absolute atomic E-state index is 0.0874. The predicted octanol–water partition coefficient (Wildman–Crippen LogP) is 4.17. The van der Waals surface area contributed by atoms with Crippen LogP contribution < -0.4 is 15.4 Å². The summed E-state index contributed by atoms with van der Waals surface area (Å²) in [5.74, 6) is -0.919. The standard InChI is InChI=1S/C22H21FIN3O2S.C2H6O/c23-18-10-8-15(9-11-18)12-20(27-21(28)14-26-30-24)22(29)25-13-17-6-3-5-16-4-1-2-7-19(16)17;1-3-2/h1-11,20,26H,12-14H2,(H,25,29)(H,27,28);1-2H3/t20-;/m0./s1. The number of carbonyl (C=O) groups is 2. The Morgan fingerprint density at radius 3 is 2.39 bits per heavy atom. The van der Waals surface area contributed by atoms with Gasteiger partial charge in [-0.1, -0.05) is 54.6 Å². The summed E-state index contributed by atoms with van der Waals surface area (Å²) >= 11 is 2.03. The van der Waals surface area contributed by atoms with E-state index in [1.807, 2.05) is 63.7 Å². The van der Waals surface area contributed by atoms with E-state index in [1.54, 1.807) is 26.4 Å². The van der Waals surface area contributed by atoms with Gasteiger partial charge in [0, 0.05) is 48.4 Å². The van der Waals surface area contributed by atoms with E-state index in [-0.39, 0.29) is 30.6 Å². The first-order chi connectivity index (χ1) is 16.0. The molecule has 3 rings (SSSR count). The van der Waals surface area contributed by atoms with Crippen molar-refractivity contribution in [3.63, 3.8) is 0 Å². The topological polar surface area (TPSA) is 79.5 Å². The van der Waals surface area contributed by atoms with Crippen LogP contribution >= 0.6 is 30.3 Å². The molecule has 0 aliphatic heterocycles. The molecule has 0 fully saturated rings. The Morgan fingerprint density at radius 2 is 1.70 bits per heavy atom. The zero-order valence-electron chi connectivity index (χ0n) is 18.4. The number of methoxy groups -OCH3 is 1. The van der Waals surface area contributed by atoms with Crippen LogP contribution in [0.25, 0.3) is 10.8 Å². The van der Waals surface area contributed by atoms with E-state index in [2.05, 4.69) is 20.1 Å². The van der Waals surface area contributed by atoms with Crippen molar-refractivity contribution in [2.24, 2.45) is 0 Å². The summed E-state index contributed by atoms with van der Waals surface area (Å²) in [5, 5.41) is 7.87. The Hall–Kier alpha value is -2.21. The Kier molecular flexibility index (Phi) is 12.2. The molecule has 1 atom stereocenters. The normalized spacial score (nSPS) is 11.3. The molecule has 3 N–H and O–H groups in total. The quantitative estimate of drug-likeness (QED) is 0.261. The highest BCUT2D eigenvalue weighted by atomic mass is 127. The zero-order chi connectivity index (χ0) is 24.1. The first kappa shape index (κ1) is 27.0. The fraction of sp³-hybridized carbons (Fsp3) is 0.250. The molecule has 0 saturated heterocycles. The molecule has 0 aliphatic rings. The van der Waals surface area contributed by atoms with Crippen LogP contribution in [0, 0.1) is 5.82 Å². The van der Waals surface area contributed by atoms with Crippen molar-refractivity contribution in [1.29, 1.82) is 0 Å². The van der Waals surface area contributed by atoms with E-state index in [9.17, 15) is 14.0 Å². The Bertz CT molecular complexity index is 1030. The Morgan fingerprint density at radius 1 is 1.03 bits per heavy atom. The van der Waals surface area contributed by atoms with Gasteiger partial charge in [-0.2, -0.15) is 0 Å². The van der Waals surface area contributed by atoms with Gasteiger partial charge in [0.1, 0.15) is 11.9 Å². The average Bonchev–Trinajstić information content (AvgIpc) is 2.82. The molecule has 9 heteroatoms. The fourth-order valence-corrected chi connectivity index (χ4v) is 3.81. The van der Waals surface area contributed by atoms with Gasteiger partial charge in [0.15, 0.2) is 0 Å². The van der Waals surface area contributed by atoms with E-state index in [4.69, 9.17) is 0 Å². The minimum atomic E-state index is -0.765. The summed E-state index contributed by atoms with van der Waals surface area (Å²) in [6.45, 7) is 0.432. The van der Waals surface area contributed by atoms with Crippen molar-refractivity contribution in [2.75, 3.05) is 20.8 Å². The molecule has 3 aromatic carbocycles. The van der Waals surface area contributed by atoms with Gasteiger partial charge in [0.05, 0.1) is 6.54 Å². The second-order valence-corrected chi connectivity index (χ2v) is 8.88. The van der Waals surface area contributed by atoms with Gasteiger partial charge in [-0.05, 0) is 43.2 Å². The molecule has 0 heterocycles. The molecule has 0 radical (unpaired) electrons. The van der Waals surface area contributed by atoms with Gasteiger partial charge in [-0.25, -0.2) is 9.11 Å². The number of rotatable bonds is 9. The first-order valence-corrected chi connectivity index (χ1v) is 13.5. The van der Waals surface area contributed by atoms with Crippen molar-refractivity contribution in [3.8, 4) is 0 Å². The lowest BCUT2D eigenvalue weighted by Crippen LogP contribution is -2.49. The molecule has 0 saturated carbocycles. The van der Waals surface area contributed by atoms with Crippen LogP contribution in [0.1, 0.15) is 11.1 Å². The van der Waals surface area contributed by atoms with Crippen molar-refractivity contribution in [2.45, 2.75) is 19.0 Å². The van der Waals surface area contributed by atoms with Crippen LogP contribution in [0.3, 0.4) is 0 Å². The Balaban J connectivity index is 0.00000122. The van der Waals surface area contributed by atoms with Gasteiger partial charge in [-0.15, -0.1) is 0 Å². The highest BCUT2D eigenvalue weighted by Gasteiger charge is 2.21. The maximum Gasteiger partial charge on any atom is 0.243 e. The molecule has 33 heavy (non-hydrogen) atoms. The largest absolute Gasteiger partial charge is 0.388 e. The molecule has 0 bridgehead atoms. The highest BCUT2D eigenvalue weighted by molar-refractivity contribution is 14.2. The number of fused-ring (bicyclic) bond motifs is 1. The molecule has 0 aromatic heterocycles. The lowest BCUT2D eigenvalue weighted by molar-refractivity contribution is -0.128. The van der Waals surface area contributed by atoms with Crippen LogP contribution in [0.2, 0.25) is 0 Å². The minimum Gasteiger partial charge on any atom is -0.388 e. The Labute approximate surface area is 209 Å². The maximum atomic E-state index is 13.2. The summed E-state index contributed by atoms with van der Waals surface area (Å²) in [6.07, 6.45) is 0.269. The van der Waals surface area contributed by atoms with E-state index in [1.165, 1.54) is 21.3 Å². The maximum absolute atomic E-state index is 13.2. The molecule has 0 aliphatic carbocycles. The third-order valence-corrected chi connectivity index (χ3v) is 5.81. The number of nitrogens with one attached hydrogen (secondary N) is 3. The molecule has 0 spiro atoms. The summed E-state index contributed by atoms with van der Waals surface area (Å²) in [7, 11) is 4.55. The number of hydrogen-bond acceptors (Lipinski definition) is 5. The summed E-state index contributed by atoms with van der Waals surface area (Å²) in [6, 6.07) is 19.1. The summed E-state index contributed by atoms with van der Waals surface area (Å²) < 4.78 is 20.3. The second-order valence-electron chi connectivity index (χ2n) is 7.11. The van der Waals surface area contributed by atoms with Crippen LogP contribution in [0.5, 0.6) is 0 Å². The van der Waals surface area contributed by atoms with Crippen molar-refractivity contribution in [1.82, 2.24) is 15.4 Å². The summed E-state index contributed by atoms with van der Waals surface area (Å²) in [5.41, 5.74) is 1.76. The number of halogens is 2. The molecular weight excluding hydrogens is 556 g/mol. The number of ether oxygens (including phenoxy) is 1. The monoisotopic (exact) mass is 583 g/mol. The van der Waals surface area contributed by atoms with Gasteiger partial charge < -0.3 is 15.4 Å². The van der Waals surface area contributed by atoms with Crippen molar-refractivity contribution in [3.05, 3.63) is 83.7 Å². The highest BCUT2D eigenvalue weighted by Crippen LogP contribution is 2.18.